The number of hydrogen-bond acceptors (Lipinski definition) is 2. The van der Waals surface area contributed by atoms with Gasteiger partial charge in [0.25, 0.3) is 0 Å². The number of rotatable bonds is 6. The topological polar surface area (TPSA) is 46.5 Å². The highest BCUT2D eigenvalue weighted by Gasteiger charge is 2.20. The van der Waals surface area contributed by atoms with Crippen LogP contribution in [0.15, 0.2) is 78.9 Å². The number of hydrogen-bond donors (Lipinski definition) is 1. The van der Waals surface area contributed by atoms with Gasteiger partial charge in [0.1, 0.15) is 5.75 Å². The minimum atomic E-state index is -0.964. The Morgan fingerprint density at radius 1 is 0.920 bits per heavy atom. The number of ether oxygens (including phenoxy) is 1. The number of aliphatic carboxylic acids is 1. The maximum atomic E-state index is 11.6. The predicted molar refractivity (Wildman–Crippen MR) is 98.8 cm³/mol. The summed E-state index contributed by atoms with van der Waals surface area (Å²) >= 11 is 0. The standard InChI is InChI=1S/C22H20O3/c1-16-6-5-7-17(14-16)15-21(22(23)24)25-20-12-10-19(11-13-20)18-8-3-2-4-9-18/h2-14,21H,15H2,1H3,(H,23,24). The highest BCUT2D eigenvalue weighted by molar-refractivity contribution is 5.73. The van der Waals surface area contributed by atoms with Gasteiger partial charge in [-0.15, -0.1) is 0 Å². The van der Waals surface area contributed by atoms with Gasteiger partial charge in [-0.3, -0.25) is 0 Å². The van der Waals surface area contributed by atoms with Gasteiger partial charge in [0.15, 0.2) is 6.10 Å². The number of aryl methyl sites for hydroxylation is 1. The summed E-state index contributed by atoms with van der Waals surface area (Å²) in [5.74, 6) is -0.409. The molecule has 0 aliphatic rings. The molecule has 3 nitrogen and oxygen atoms in total. The van der Waals surface area contributed by atoms with Crippen molar-refractivity contribution in [1.82, 2.24) is 0 Å². The molecule has 0 aliphatic heterocycles. The van der Waals surface area contributed by atoms with Gasteiger partial charge in [-0.05, 0) is 35.7 Å². The van der Waals surface area contributed by atoms with Crippen molar-refractivity contribution in [3.05, 3.63) is 90.0 Å². The van der Waals surface area contributed by atoms with E-state index < -0.39 is 12.1 Å². The van der Waals surface area contributed by atoms with Gasteiger partial charge >= 0.3 is 5.97 Å². The monoisotopic (exact) mass is 332 g/mol. The van der Waals surface area contributed by atoms with Gasteiger partial charge in [-0.2, -0.15) is 0 Å². The molecule has 1 N–H and O–H groups in total. The highest BCUT2D eigenvalue weighted by atomic mass is 16.5. The molecule has 0 heterocycles. The molecule has 0 bridgehead atoms. The zero-order chi connectivity index (χ0) is 17.6. The smallest absolute Gasteiger partial charge is 0.345 e. The first kappa shape index (κ1) is 16.8. The van der Waals surface area contributed by atoms with Crippen LogP contribution in [0.25, 0.3) is 11.1 Å². The minimum absolute atomic E-state index is 0.331. The Kier molecular flexibility index (Phi) is 5.14. The van der Waals surface area contributed by atoms with E-state index in [2.05, 4.69) is 0 Å². The van der Waals surface area contributed by atoms with Crippen LogP contribution < -0.4 is 4.74 Å². The molecule has 1 unspecified atom stereocenters. The molecule has 3 heteroatoms. The summed E-state index contributed by atoms with van der Waals surface area (Å²) in [6.45, 7) is 1.99. The molecule has 0 saturated heterocycles. The maximum Gasteiger partial charge on any atom is 0.345 e. The maximum absolute atomic E-state index is 11.6. The van der Waals surface area contributed by atoms with E-state index in [4.69, 9.17) is 4.74 Å². The predicted octanol–water partition coefficient (Wildman–Crippen LogP) is 4.74. The highest BCUT2D eigenvalue weighted by Crippen LogP contribution is 2.23. The van der Waals surface area contributed by atoms with Crippen molar-refractivity contribution >= 4 is 5.97 Å². The van der Waals surface area contributed by atoms with Gasteiger partial charge in [-0.25, -0.2) is 4.79 Å². The Labute approximate surface area is 147 Å². The van der Waals surface area contributed by atoms with E-state index in [0.717, 1.165) is 22.3 Å². The van der Waals surface area contributed by atoms with Crippen molar-refractivity contribution in [2.75, 3.05) is 0 Å². The lowest BCUT2D eigenvalue weighted by atomic mass is 10.0. The third-order valence-electron chi connectivity index (χ3n) is 4.02. The van der Waals surface area contributed by atoms with Crippen LogP contribution >= 0.6 is 0 Å². The summed E-state index contributed by atoms with van der Waals surface area (Å²) in [4.78, 5) is 11.6. The molecule has 0 fully saturated rings. The van der Waals surface area contributed by atoms with E-state index in [1.807, 2.05) is 85.8 Å². The zero-order valence-corrected chi connectivity index (χ0v) is 14.1. The van der Waals surface area contributed by atoms with E-state index in [0.29, 0.717) is 12.2 Å². The second-order valence-corrected chi connectivity index (χ2v) is 6.03. The molecule has 3 aromatic carbocycles. The summed E-state index contributed by atoms with van der Waals surface area (Å²) in [5, 5.41) is 9.47. The Hall–Kier alpha value is -3.07. The van der Waals surface area contributed by atoms with Crippen molar-refractivity contribution in [1.29, 1.82) is 0 Å². The summed E-state index contributed by atoms with van der Waals surface area (Å²) in [6.07, 6.45) is -0.582. The molecule has 0 radical (unpaired) electrons. The van der Waals surface area contributed by atoms with E-state index in [1.165, 1.54) is 0 Å². The molecule has 25 heavy (non-hydrogen) atoms. The fourth-order valence-corrected chi connectivity index (χ4v) is 2.75. The summed E-state index contributed by atoms with van der Waals surface area (Å²) in [7, 11) is 0. The molecule has 0 spiro atoms. The second-order valence-electron chi connectivity index (χ2n) is 6.03. The Morgan fingerprint density at radius 2 is 1.60 bits per heavy atom. The third kappa shape index (κ3) is 4.48. The van der Waals surface area contributed by atoms with Crippen molar-refractivity contribution in [3.8, 4) is 16.9 Å². The molecule has 1 atom stereocenters. The van der Waals surface area contributed by atoms with E-state index in [9.17, 15) is 9.90 Å². The van der Waals surface area contributed by atoms with Crippen molar-refractivity contribution < 1.29 is 14.6 Å². The average molecular weight is 332 g/mol. The van der Waals surface area contributed by atoms with Crippen LogP contribution in [-0.2, 0) is 11.2 Å². The lowest BCUT2D eigenvalue weighted by Crippen LogP contribution is -2.29. The molecule has 3 aromatic rings. The van der Waals surface area contributed by atoms with Gasteiger partial charge in [-0.1, -0.05) is 72.3 Å². The quantitative estimate of drug-likeness (QED) is 0.709. The number of carboxylic acids is 1. The van der Waals surface area contributed by atoms with Crippen LogP contribution in [0.3, 0.4) is 0 Å². The van der Waals surface area contributed by atoms with E-state index in [1.54, 1.807) is 0 Å². The first-order valence-corrected chi connectivity index (χ1v) is 8.22. The third-order valence-corrected chi connectivity index (χ3v) is 4.02. The normalized spacial score (nSPS) is 11.7. The van der Waals surface area contributed by atoms with Crippen LogP contribution in [0, 0.1) is 6.92 Å². The zero-order valence-electron chi connectivity index (χ0n) is 14.1. The van der Waals surface area contributed by atoms with Crippen molar-refractivity contribution in [3.63, 3.8) is 0 Å². The average Bonchev–Trinajstić information content (AvgIpc) is 2.62. The van der Waals surface area contributed by atoms with E-state index in [-0.39, 0.29) is 0 Å². The molecule has 0 amide bonds. The summed E-state index contributed by atoms with van der Waals surface area (Å²) < 4.78 is 5.71. The molecule has 0 saturated carbocycles. The Bertz CT molecular complexity index is 839. The molecule has 0 aromatic heterocycles. The number of carbonyl (C=O) groups is 1. The van der Waals surface area contributed by atoms with Gasteiger partial charge in [0.2, 0.25) is 0 Å². The summed E-state index contributed by atoms with van der Waals surface area (Å²) in [5.41, 5.74) is 4.24. The van der Waals surface area contributed by atoms with Gasteiger partial charge < -0.3 is 9.84 Å². The fraction of sp³-hybridized carbons (Fsp3) is 0.136. The lowest BCUT2D eigenvalue weighted by Gasteiger charge is -2.16. The van der Waals surface area contributed by atoms with Crippen LogP contribution in [0.5, 0.6) is 5.75 Å². The SMILES string of the molecule is Cc1cccc(CC(Oc2ccc(-c3ccccc3)cc2)C(=O)O)c1. The molecular weight excluding hydrogens is 312 g/mol. The fourth-order valence-electron chi connectivity index (χ4n) is 2.75. The number of carboxylic acid groups (broad SMARTS) is 1. The van der Waals surface area contributed by atoms with Crippen LogP contribution in [0.4, 0.5) is 0 Å². The van der Waals surface area contributed by atoms with Crippen molar-refractivity contribution in [2.45, 2.75) is 19.4 Å². The van der Waals surface area contributed by atoms with Gasteiger partial charge in [0, 0.05) is 6.42 Å². The summed E-state index contributed by atoms with van der Waals surface area (Å²) in [6, 6.07) is 25.4. The lowest BCUT2D eigenvalue weighted by molar-refractivity contribution is -0.145. The minimum Gasteiger partial charge on any atom is -0.478 e. The largest absolute Gasteiger partial charge is 0.478 e. The molecular formula is C22H20O3. The first-order chi connectivity index (χ1) is 12.1. The van der Waals surface area contributed by atoms with Gasteiger partial charge in [0.05, 0.1) is 0 Å². The Balaban J connectivity index is 1.73. The van der Waals surface area contributed by atoms with Crippen molar-refractivity contribution in [2.24, 2.45) is 0 Å². The first-order valence-electron chi connectivity index (χ1n) is 8.22. The van der Waals surface area contributed by atoms with Crippen LogP contribution in [0.2, 0.25) is 0 Å². The molecule has 126 valence electrons. The van der Waals surface area contributed by atoms with Crippen LogP contribution in [0.1, 0.15) is 11.1 Å². The molecule has 3 rings (SSSR count). The van der Waals surface area contributed by atoms with Crippen LogP contribution in [-0.4, -0.2) is 17.2 Å². The number of benzene rings is 3. The second kappa shape index (κ2) is 7.67. The van der Waals surface area contributed by atoms with E-state index >= 15 is 0 Å². The Morgan fingerprint density at radius 3 is 2.24 bits per heavy atom. The molecule has 0 aliphatic carbocycles.